The van der Waals surface area contributed by atoms with Gasteiger partial charge in [-0.2, -0.15) is 11.3 Å². The van der Waals surface area contributed by atoms with Crippen LogP contribution in [0.25, 0.3) is 0 Å². The summed E-state index contributed by atoms with van der Waals surface area (Å²) in [6.45, 7) is 6.82. The first-order valence-corrected chi connectivity index (χ1v) is 10.2. The zero-order chi connectivity index (χ0) is 17.4. The van der Waals surface area contributed by atoms with Gasteiger partial charge in [0.25, 0.3) is 0 Å². The number of hydrogen-bond acceptors (Lipinski definition) is 4. The third-order valence-corrected chi connectivity index (χ3v) is 5.61. The lowest BCUT2D eigenvalue weighted by atomic mass is 10.1. The average Bonchev–Trinajstić information content (AvgIpc) is 3.25. The van der Waals surface area contributed by atoms with E-state index in [1.54, 1.807) is 22.7 Å². The van der Waals surface area contributed by atoms with Crippen LogP contribution in [0.15, 0.2) is 39.3 Å². The number of hydrogen-bond donors (Lipinski definition) is 2. The third-order valence-electron chi connectivity index (χ3n) is 3.94. The standard InChI is InChI=1S/C18H28N4S2.HI/c1-5-19-18(20-11-14(2)15-8-10-23-13-15)21-12-16(22(3)4)17-7-6-9-24-17;/h6-10,13-14,16H,5,11-12H2,1-4H3,(H2,19,20,21);1H. The first-order valence-electron chi connectivity index (χ1n) is 8.36. The number of thiophene rings is 2. The summed E-state index contributed by atoms with van der Waals surface area (Å²) >= 11 is 3.54. The van der Waals surface area contributed by atoms with Crippen LogP contribution < -0.4 is 10.6 Å². The maximum absolute atomic E-state index is 4.77. The molecule has 0 amide bonds. The molecular weight excluding hydrogens is 463 g/mol. The Morgan fingerprint density at radius 3 is 2.60 bits per heavy atom. The van der Waals surface area contributed by atoms with Crippen molar-refractivity contribution in [1.29, 1.82) is 0 Å². The molecule has 2 heterocycles. The van der Waals surface area contributed by atoms with Crippen LogP contribution in [0.3, 0.4) is 0 Å². The molecule has 2 aromatic rings. The van der Waals surface area contributed by atoms with Crippen LogP contribution in [-0.4, -0.2) is 44.6 Å². The van der Waals surface area contributed by atoms with E-state index in [2.05, 4.69) is 77.8 Å². The largest absolute Gasteiger partial charge is 0.357 e. The van der Waals surface area contributed by atoms with Crippen molar-refractivity contribution in [3.8, 4) is 0 Å². The van der Waals surface area contributed by atoms with Gasteiger partial charge in [-0.25, -0.2) is 0 Å². The molecule has 0 saturated heterocycles. The quantitative estimate of drug-likeness (QED) is 0.326. The normalized spacial score (nSPS) is 14.0. The highest BCUT2D eigenvalue weighted by molar-refractivity contribution is 14.0. The minimum Gasteiger partial charge on any atom is -0.357 e. The van der Waals surface area contributed by atoms with E-state index in [1.807, 2.05) is 0 Å². The molecule has 0 bridgehead atoms. The van der Waals surface area contributed by atoms with Crippen LogP contribution >= 0.6 is 46.7 Å². The molecule has 0 aromatic carbocycles. The van der Waals surface area contributed by atoms with Crippen LogP contribution in [0, 0.1) is 0 Å². The first-order chi connectivity index (χ1) is 11.6. The predicted molar refractivity (Wildman–Crippen MR) is 123 cm³/mol. The zero-order valence-electron chi connectivity index (χ0n) is 15.4. The molecule has 0 aliphatic heterocycles. The van der Waals surface area contributed by atoms with Gasteiger partial charge in [0.05, 0.1) is 6.04 Å². The van der Waals surface area contributed by atoms with Gasteiger partial charge in [0.15, 0.2) is 5.96 Å². The number of rotatable bonds is 8. The van der Waals surface area contributed by atoms with Crippen molar-refractivity contribution in [2.75, 3.05) is 33.7 Å². The maximum Gasteiger partial charge on any atom is 0.191 e. The van der Waals surface area contributed by atoms with E-state index in [4.69, 9.17) is 4.99 Å². The predicted octanol–water partition coefficient (Wildman–Crippen LogP) is 4.39. The Balaban J connectivity index is 0.00000312. The summed E-state index contributed by atoms with van der Waals surface area (Å²) in [4.78, 5) is 8.38. The topological polar surface area (TPSA) is 39.7 Å². The summed E-state index contributed by atoms with van der Waals surface area (Å²) in [5.74, 6) is 1.33. The van der Waals surface area contributed by atoms with Crippen LogP contribution in [-0.2, 0) is 0 Å². The lowest BCUT2D eigenvalue weighted by Gasteiger charge is -2.24. The van der Waals surface area contributed by atoms with Crippen LogP contribution in [0.4, 0.5) is 0 Å². The summed E-state index contributed by atoms with van der Waals surface area (Å²) < 4.78 is 0. The van der Waals surface area contributed by atoms with Gasteiger partial charge in [-0.1, -0.05) is 13.0 Å². The minimum atomic E-state index is 0. The van der Waals surface area contributed by atoms with E-state index in [-0.39, 0.29) is 24.0 Å². The van der Waals surface area contributed by atoms with Crippen molar-refractivity contribution in [1.82, 2.24) is 15.5 Å². The number of halogens is 1. The fourth-order valence-electron chi connectivity index (χ4n) is 2.44. The Kier molecular flexibility index (Phi) is 10.6. The molecule has 4 nitrogen and oxygen atoms in total. The van der Waals surface area contributed by atoms with Crippen LogP contribution in [0.1, 0.15) is 36.2 Å². The number of likely N-dealkylation sites (N-methyl/N-ethyl adjacent to an activating group) is 1. The van der Waals surface area contributed by atoms with E-state index in [0.29, 0.717) is 12.0 Å². The lowest BCUT2D eigenvalue weighted by Crippen LogP contribution is -2.41. The van der Waals surface area contributed by atoms with Gasteiger partial charge in [-0.05, 0) is 54.9 Å². The SMILES string of the molecule is CCNC(=NCC(C)c1ccsc1)NCC(c1cccs1)N(C)C.I. The van der Waals surface area contributed by atoms with Crippen molar-refractivity contribution < 1.29 is 0 Å². The Morgan fingerprint density at radius 1 is 1.24 bits per heavy atom. The highest BCUT2D eigenvalue weighted by Gasteiger charge is 2.15. The Labute approximate surface area is 176 Å². The van der Waals surface area contributed by atoms with E-state index >= 15 is 0 Å². The van der Waals surface area contributed by atoms with Gasteiger partial charge in [0, 0.05) is 30.4 Å². The highest BCUT2D eigenvalue weighted by Crippen LogP contribution is 2.22. The maximum atomic E-state index is 4.77. The molecule has 0 spiro atoms. The van der Waals surface area contributed by atoms with E-state index < -0.39 is 0 Å². The van der Waals surface area contributed by atoms with Gasteiger partial charge >= 0.3 is 0 Å². The molecule has 2 rings (SSSR count). The van der Waals surface area contributed by atoms with Gasteiger partial charge in [-0.15, -0.1) is 35.3 Å². The van der Waals surface area contributed by atoms with Crippen molar-refractivity contribution in [3.63, 3.8) is 0 Å². The number of nitrogens with one attached hydrogen (secondary N) is 2. The molecular formula is C18H29IN4S2. The molecule has 0 fully saturated rings. The van der Waals surface area contributed by atoms with E-state index in [9.17, 15) is 0 Å². The lowest BCUT2D eigenvalue weighted by molar-refractivity contribution is 0.302. The second kappa shape index (κ2) is 11.9. The summed E-state index contributed by atoms with van der Waals surface area (Å²) in [5, 5.41) is 13.3. The molecule has 2 atom stereocenters. The molecule has 140 valence electrons. The first kappa shape index (κ1) is 22.4. The monoisotopic (exact) mass is 492 g/mol. The highest BCUT2D eigenvalue weighted by atomic mass is 127. The molecule has 2 N–H and O–H groups in total. The third kappa shape index (κ3) is 7.24. The second-order valence-corrected chi connectivity index (χ2v) is 7.81. The molecule has 25 heavy (non-hydrogen) atoms. The van der Waals surface area contributed by atoms with Crippen molar-refractivity contribution in [3.05, 3.63) is 44.8 Å². The summed E-state index contributed by atoms with van der Waals surface area (Å²) in [6, 6.07) is 6.84. The molecule has 0 radical (unpaired) electrons. The summed E-state index contributed by atoms with van der Waals surface area (Å²) in [6.07, 6.45) is 0. The number of nitrogens with zero attached hydrogens (tertiary/aromatic N) is 2. The molecule has 2 aromatic heterocycles. The Bertz CT molecular complexity index is 597. The molecule has 0 aliphatic carbocycles. The van der Waals surface area contributed by atoms with Crippen LogP contribution in [0.5, 0.6) is 0 Å². The van der Waals surface area contributed by atoms with E-state index in [0.717, 1.165) is 25.6 Å². The van der Waals surface area contributed by atoms with E-state index in [1.165, 1.54) is 10.4 Å². The average molecular weight is 492 g/mol. The second-order valence-electron chi connectivity index (χ2n) is 6.05. The molecule has 7 heteroatoms. The minimum absolute atomic E-state index is 0. The fraction of sp³-hybridized carbons (Fsp3) is 0.500. The van der Waals surface area contributed by atoms with Gasteiger partial charge in [-0.3, -0.25) is 4.99 Å². The summed E-state index contributed by atoms with van der Waals surface area (Å²) in [7, 11) is 4.24. The van der Waals surface area contributed by atoms with Crippen molar-refractivity contribution >= 4 is 52.6 Å². The van der Waals surface area contributed by atoms with Crippen molar-refractivity contribution in [2.24, 2.45) is 4.99 Å². The Hall–Kier alpha value is -0.640. The fourth-order valence-corrected chi connectivity index (χ4v) is 4.15. The molecule has 2 unspecified atom stereocenters. The van der Waals surface area contributed by atoms with Gasteiger partial charge in [0.1, 0.15) is 0 Å². The zero-order valence-corrected chi connectivity index (χ0v) is 19.3. The Morgan fingerprint density at radius 2 is 2.04 bits per heavy atom. The van der Waals surface area contributed by atoms with Gasteiger partial charge in [0.2, 0.25) is 0 Å². The summed E-state index contributed by atoms with van der Waals surface area (Å²) in [5.41, 5.74) is 1.37. The molecule has 0 aliphatic rings. The van der Waals surface area contributed by atoms with Gasteiger partial charge < -0.3 is 15.5 Å². The smallest absolute Gasteiger partial charge is 0.191 e. The number of guanidine groups is 1. The molecule has 0 saturated carbocycles. The van der Waals surface area contributed by atoms with Crippen molar-refractivity contribution in [2.45, 2.75) is 25.8 Å². The number of aliphatic imine (C=N–C) groups is 1. The van der Waals surface area contributed by atoms with Crippen LogP contribution in [0.2, 0.25) is 0 Å².